The van der Waals surface area contributed by atoms with Crippen LogP contribution in [0.3, 0.4) is 0 Å². The van der Waals surface area contributed by atoms with Gasteiger partial charge in [0.05, 0.1) is 29.5 Å². The third-order valence-electron chi connectivity index (χ3n) is 4.68. The number of nitrogens with one attached hydrogen (secondary N) is 1. The number of nitrogens with two attached hydrogens (primary N) is 1. The second-order valence-corrected chi connectivity index (χ2v) is 8.18. The molecule has 0 saturated carbocycles. The monoisotopic (exact) mass is 430 g/mol. The number of halogens is 1. The van der Waals surface area contributed by atoms with Gasteiger partial charge in [0.1, 0.15) is 0 Å². The maximum absolute atomic E-state index is 6.31. The molecule has 0 spiro atoms. The number of nitrogens with zero attached hydrogens (tertiary/aromatic N) is 4. The number of hydrogen-bond acceptors (Lipinski definition) is 8. The molecule has 0 aliphatic carbocycles. The number of ether oxygens (including phenoxy) is 1. The molecule has 4 rings (SSSR count). The summed E-state index contributed by atoms with van der Waals surface area (Å²) in [5.74, 6) is 0.214. The van der Waals surface area contributed by atoms with Crippen LogP contribution in [0.15, 0.2) is 36.5 Å². The summed E-state index contributed by atoms with van der Waals surface area (Å²) >= 11 is 7.86. The molecule has 7 nitrogen and oxygen atoms in total. The summed E-state index contributed by atoms with van der Waals surface area (Å²) < 4.78 is 5.38. The zero-order valence-electron chi connectivity index (χ0n) is 16.0. The van der Waals surface area contributed by atoms with Gasteiger partial charge >= 0.3 is 0 Å². The van der Waals surface area contributed by atoms with Gasteiger partial charge in [0, 0.05) is 36.4 Å². The molecule has 1 aromatic carbocycles. The Morgan fingerprint density at radius 3 is 2.79 bits per heavy atom. The van der Waals surface area contributed by atoms with E-state index in [1.165, 1.54) is 0 Å². The largest absolute Gasteiger partial charge is 0.379 e. The molecule has 9 heteroatoms. The van der Waals surface area contributed by atoms with Crippen molar-refractivity contribution in [1.82, 2.24) is 19.9 Å². The Hall–Kier alpha value is -2.26. The topological polar surface area (TPSA) is 89.2 Å². The van der Waals surface area contributed by atoms with E-state index in [-0.39, 0.29) is 5.95 Å². The van der Waals surface area contributed by atoms with Crippen LogP contribution in [0.2, 0.25) is 5.02 Å². The Labute approximate surface area is 178 Å². The van der Waals surface area contributed by atoms with Gasteiger partial charge in [-0.25, -0.2) is 15.0 Å². The Kier molecular flexibility index (Phi) is 6.56. The van der Waals surface area contributed by atoms with Crippen LogP contribution in [0, 0.1) is 0 Å². The van der Waals surface area contributed by atoms with Crippen molar-refractivity contribution in [3.05, 3.63) is 41.6 Å². The van der Waals surface area contributed by atoms with Crippen molar-refractivity contribution >= 4 is 34.0 Å². The predicted molar refractivity (Wildman–Crippen MR) is 118 cm³/mol. The number of morpholine rings is 1. The van der Waals surface area contributed by atoms with Crippen molar-refractivity contribution in [3.63, 3.8) is 0 Å². The molecule has 0 atom stereocenters. The molecule has 1 saturated heterocycles. The summed E-state index contributed by atoms with van der Waals surface area (Å²) in [5, 5.41) is 4.90. The number of nitrogen functional groups attached to an aromatic ring is 1. The first-order chi connectivity index (χ1) is 14.2. The van der Waals surface area contributed by atoms with Crippen molar-refractivity contribution < 1.29 is 4.74 Å². The number of thiazole rings is 1. The number of rotatable bonds is 7. The molecule has 0 radical (unpaired) electrons. The normalized spacial score (nSPS) is 14.8. The average Bonchev–Trinajstić information content (AvgIpc) is 3.21. The van der Waals surface area contributed by atoms with E-state index >= 15 is 0 Å². The Bertz CT molecular complexity index is 960. The fourth-order valence-corrected chi connectivity index (χ4v) is 4.23. The minimum Gasteiger partial charge on any atom is -0.379 e. The van der Waals surface area contributed by atoms with Crippen LogP contribution in [-0.4, -0.2) is 59.2 Å². The lowest BCUT2D eigenvalue weighted by Gasteiger charge is -2.26. The van der Waals surface area contributed by atoms with E-state index in [0.717, 1.165) is 67.1 Å². The first-order valence-electron chi connectivity index (χ1n) is 9.59. The molecule has 1 fully saturated rings. The first kappa shape index (κ1) is 20.0. The summed E-state index contributed by atoms with van der Waals surface area (Å²) in [7, 11) is 0. The van der Waals surface area contributed by atoms with Gasteiger partial charge < -0.3 is 15.8 Å². The number of benzene rings is 1. The number of anilines is 2. The highest BCUT2D eigenvalue weighted by atomic mass is 35.5. The molecular formula is C20H23ClN6OS. The van der Waals surface area contributed by atoms with E-state index < -0.39 is 0 Å². The molecule has 152 valence electrons. The zero-order valence-corrected chi connectivity index (χ0v) is 17.5. The minimum atomic E-state index is 0.214. The predicted octanol–water partition coefficient (Wildman–Crippen LogP) is 3.64. The summed E-state index contributed by atoms with van der Waals surface area (Å²) in [6, 6.07) is 9.46. The van der Waals surface area contributed by atoms with E-state index in [2.05, 4.69) is 25.2 Å². The van der Waals surface area contributed by atoms with Crippen molar-refractivity contribution in [2.45, 2.75) is 6.42 Å². The Morgan fingerprint density at radius 2 is 1.97 bits per heavy atom. The fourth-order valence-electron chi connectivity index (χ4n) is 3.20. The molecule has 0 unspecified atom stereocenters. The molecule has 2 aromatic heterocycles. The highest BCUT2D eigenvalue weighted by molar-refractivity contribution is 7.18. The minimum absolute atomic E-state index is 0.214. The second-order valence-electron chi connectivity index (χ2n) is 6.74. The van der Waals surface area contributed by atoms with Gasteiger partial charge in [-0.2, -0.15) is 0 Å². The van der Waals surface area contributed by atoms with E-state index in [0.29, 0.717) is 10.7 Å². The molecular weight excluding hydrogens is 408 g/mol. The van der Waals surface area contributed by atoms with Crippen molar-refractivity contribution in [2.75, 3.05) is 50.4 Å². The van der Waals surface area contributed by atoms with Gasteiger partial charge in [0.15, 0.2) is 5.13 Å². The molecule has 3 heterocycles. The number of aromatic nitrogens is 3. The van der Waals surface area contributed by atoms with Crippen LogP contribution in [0.1, 0.15) is 6.42 Å². The van der Waals surface area contributed by atoms with Crippen LogP contribution in [0.4, 0.5) is 11.1 Å². The summed E-state index contributed by atoms with van der Waals surface area (Å²) in [6.45, 7) is 5.65. The van der Waals surface area contributed by atoms with Gasteiger partial charge in [-0.15, -0.1) is 0 Å². The first-order valence-corrected chi connectivity index (χ1v) is 10.8. The summed E-state index contributed by atoms with van der Waals surface area (Å²) in [4.78, 5) is 16.6. The average molecular weight is 431 g/mol. The van der Waals surface area contributed by atoms with E-state index in [1.807, 2.05) is 36.5 Å². The third-order valence-corrected chi connectivity index (χ3v) is 5.99. The quantitative estimate of drug-likeness (QED) is 0.553. The highest BCUT2D eigenvalue weighted by Gasteiger charge is 2.13. The summed E-state index contributed by atoms with van der Waals surface area (Å²) in [6.07, 6.45) is 2.87. The van der Waals surface area contributed by atoms with Gasteiger partial charge in [0.25, 0.3) is 0 Å². The molecule has 29 heavy (non-hydrogen) atoms. The number of hydrogen-bond donors (Lipinski definition) is 2. The highest BCUT2D eigenvalue weighted by Crippen LogP contribution is 2.32. The maximum atomic E-state index is 6.31. The second kappa shape index (κ2) is 9.49. The lowest BCUT2D eigenvalue weighted by Crippen LogP contribution is -2.37. The lowest BCUT2D eigenvalue weighted by molar-refractivity contribution is 0.0378. The fraction of sp³-hybridized carbons (Fsp3) is 0.350. The Morgan fingerprint density at radius 1 is 1.17 bits per heavy atom. The van der Waals surface area contributed by atoms with Crippen LogP contribution in [-0.2, 0) is 4.74 Å². The molecule has 1 aliphatic heterocycles. The van der Waals surface area contributed by atoms with Crippen molar-refractivity contribution in [3.8, 4) is 21.8 Å². The van der Waals surface area contributed by atoms with Gasteiger partial charge in [-0.3, -0.25) is 4.90 Å². The molecule has 0 bridgehead atoms. The molecule has 3 aromatic rings. The summed E-state index contributed by atoms with van der Waals surface area (Å²) in [5.41, 5.74) is 8.22. The maximum Gasteiger partial charge on any atom is 0.221 e. The van der Waals surface area contributed by atoms with Gasteiger partial charge in [0.2, 0.25) is 5.95 Å². The standard InChI is InChI=1S/C20H23ClN6OS/c21-15-5-2-1-4-14(15)16-12-17(26-19(22)25-16)18-13-24-20(29-18)23-6-3-7-27-8-10-28-11-9-27/h1-2,4-5,12-13H,3,6-11H2,(H,23,24)(H2,22,25,26). The zero-order chi connectivity index (χ0) is 20.1. The van der Waals surface area contributed by atoms with E-state index in [9.17, 15) is 0 Å². The van der Waals surface area contributed by atoms with Crippen molar-refractivity contribution in [2.24, 2.45) is 0 Å². The van der Waals surface area contributed by atoms with Crippen LogP contribution in [0.25, 0.3) is 21.8 Å². The van der Waals surface area contributed by atoms with Gasteiger partial charge in [-0.05, 0) is 25.1 Å². The molecule has 0 amide bonds. The van der Waals surface area contributed by atoms with Gasteiger partial charge in [-0.1, -0.05) is 41.1 Å². The van der Waals surface area contributed by atoms with E-state index in [4.69, 9.17) is 22.1 Å². The molecule has 1 aliphatic rings. The third kappa shape index (κ3) is 5.22. The van der Waals surface area contributed by atoms with Crippen molar-refractivity contribution in [1.29, 1.82) is 0 Å². The van der Waals surface area contributed by atoms with Crippen LogP contribution < -0.4 is 11.1 Å². The smallest absolute Gasteiger partial charge is 0.221 e. The van der Waals surface area contributed by atoms with E-state index in [1.54, 1.807) is 11.3 Å². The SMILES string of the molecule is Nc1nc(-c2cnc(NCCCN3CCOCC3)s2)cc(-c2ccccc2Cl)n1. The molecule has 3 N–H and O–H groups in total. The Balaban J connectivity index is 1.40. The lowest BCUT2D eigenvalue weighted by atomic mass is 10.1. The van der Waals surface area contributed by atoms with Crippen LogP contribution >= 0.6 is 22.9 Å². The van der Waals surface area contributed by atoms with Crippen LogP contribution in [0.5, 0.6) is 0 Å².